The van der Waals surface area contributed by atoms with Crippen LogP contribution in [-0.2, 0) is 21.4 Å². The number of nitrogens with one attached hydrogen (secondary N) is 1. The molecule has 0 bridgehead atoms. The number of halogens is 5. The molecular formula is C23H19F5N4O3S. The van der Waals surface area contributed by atoms with Gasteiger partial charge in [0.1, 0.15) is 29.5 Å². The van der Waals surface area contributed by atoms with Gasteiger partial charge in [0, 0.05) is 25.1 Å². The zero-order valence-corrected chi connectivity index (χ0v) is 19.2. The van der Waals surface area contributed by atoms with Crippen LogP contribution >= 0.6 is 0 Å². The highest BCUT2D eigenvalue weighted by atomic mass is 32.2. The van der Waals surface area contributed by atoms with Crippen LogP contribution in [0.25, 0.3) is 11.3 Å². The van der Waals surface area contributed by atoms with Crippen LogP contribution in [0.2, 0.25) is 0 Å². The van der Waals surface area contributed by atoms with Crippen molar-refractivity contribution < 1.29 is 35.2 Å². The number of nitrogens with zero attached hydrogens (tertiary/aromatic N) is 3. The third-order valence-corrected chi connectivity index (χ3v) is 7.43. The summed E-state index contributed by atoms with van der Waals surface area (Å²) in [4.78, 5) is 20.0. The van der Waals surface area contributed by atoms with Crippen LogP contribution in [0.1, 0.15) is 24.1 Å². The summed E-state index contributed by atoms with van der Waals surface area (Å²) >= 11 is 0. The molecule has 190 valence electrons. The summed E-state index contributed by atoms with van der Waals surface area (Å²) in [6.45, 7) is -0.779. The number of carbonyl (C=O) groups is 1. The first-order chi connectivity index (χ1) is 17.0. The Morgan fingerprint density at radius 1 is 1.06 bits per heavy atom. The van der Waals surface area contributed by atoms with Crippen LogP contribution < -0.4 is 5.32 Å². The fourth-order valence-electron chi connectivity index (χ4n) is 3.81. The van der Waals surface area contributed by atoms with E-state index in [4.69, 9.17) is 0 Å². The van der Waals surface area contributed by atoms with Crippen LogP contribution in [0.3, 0.4) is 0 Å². The number of amides is 1. The van der Waals surface area contributed by atoms with Gasteiger partial charge in [-0.25, -0.2) is 30.4 Å². The third kappa shape index (κ3) is 5.51. The summed E-state index contributed by atoms with van der Waals surface area (Å²) < 4.78 is 93.5. The Kier molecular flexibility index (Phi) is 7.31. The maximum Gasteiger partial charge on any atom is 0.281 e. The number of hydrogen-bond acceptors (Lipinski definition) is 5. The number of alkyl halides is 3. The van der Waals surface area contributed by atoms with Gasteiger partial charge in [0.15, 0.2) is 0 Å². The van der Waals surface area contributed by atoms with Crippen molar-refractivity contribution in [2.24, 2.45) is 0 Å². The van der Waals surface area contributed by atoms with Gasteiger partial charge in [-0.05, 0) is 48.0 Å². The Bertz CT molecular complexity index is 1360. The number of aromatic nitrogens is 2. The lowest BCUT2D eigenvalue weighted by Gasteiger charge is -2.23. The van der Waals surface area contributed by atoms with E-state index in [1.165, 1.54) is 6.07 Å². The van der Waals surface area contributed by atoms with E-state index in [1.54, 1.807) is 0 Å². The highest BCUT2D eigenvalue weighted by Gasteiger charge is 2.44. The summed E-state index contributed by atoms with van der Waals surface area (Å²) in [5, 5.41) is 2.48. The molecule has 0 aliphatic carbocycles. The number of carbonyl (C=O) groups excluding carboxylic acids is 1. The third-order valence-electron chi connectivity index (χ3n) is 5.54. The molecule has 0 spiro atoms. The Morgan fingerprint density at radius 2 is 1.78 bits per heavy atom. The van der Waals surface area contributed by atoms with Gasteiger partial charge in [0.25, 0.3) is 6.43 Å². The molecule has 1 amide bonds. The van der Waals surface area contributed by atoms with E-state index in [9.17, 15) is 35.2 Å². The predicted octanol–water partition coefficient (Wildman–Crippen LogP) is 3.78. The van der Waals surface area contributed by atoms with Crippen molar-refractivity contribution in [2.75, 3.05) is 6.54 Å². The SMILES string of the molecule is O=C(NCc1cc(F)cc(-c2cnc(C(F)F)cn2)c1)C1CC(F)CN1S(=O)(=O)c1ccc(F)cc1. The van der Waals surface area contributed by atoms with Crippen molar-refractivity contribution in [1.29, 1.82) is 0 Å². The predicted molar refractivity (Wildman–Crippen MR) is 118 cm³/mol. The van der Waals surface area contributed by atoms with Crippen molar-refractivity contribution in [2.45, 2.75) is 36.5 Å². The van der Waals surface area contributed by atoms with Crippen molar-refractivity contribution in [3.8, 4) is 11.3 Å². The molecule has 2 unspecified atom stereocenters. The fraction of sp³-hybridized carbons (Fsp3) is 0.261. The van der Waals surface area contributed by atoms with E-state index in [1.807, 2.05) is 0 Å². The molecule has 13 heteroatoms. The molecule has 0 saturated carbocycles. The van der Waals surface area contributed by atoms with Crippen molar-refractivity contribution in [1.82, 2.24) is 19.6 Å². The van der Waals surface area contributed by atoms with E-state index in [0.717, 1.165) is 53.1 Å². The minimum absolute atomic E-state index is 0.124. The molecule has 2 heterocycles. The molecule has 3 aromatic rings. The van der Waals surface area contributed by atoms with Gasteiger partial charge in [-0.2, -0.15) is 4.31 Å². The summed E-state index contributed by atoms with van der Waals surface area (Å²) in [5.74, 6) is -2.15. The van der Waals surface area contributed by atoms with Crippen LogP contribution in [-0.4, -0.2) is 47.4 Å². The molecule has 1 aliphatic heterocycles. The molecule has 1 aliphatic rings. The first-order valence-electron chi connectivity index (χ1n) is 10.6. The Morgan fingerprint density at radius 3 is 2.42 bits per heavy atom. The highest BCUT2D eigenvalue weighted by molar-refractivity contribution is 7.89. The van der Waals surface area contributed by atoms with E-state index in [2.05, 4.69) is 15.3 Å². The molecule has 7 nitrogen and oxygen atoms in total. The lowest BCUT2D eigenvalue weighted by atomic mass is 10.1. The molecule has 1 fully saturated rings. The quantitative estimate of drug-likeness (QED) is 0.474. The topological polar surface area (TPSA) is 92.3 Å². The zero-order chi connectivity index (χ0) is 26.0. The maximum atomic E-state index is 14.2. The summed E-state index contributed by atoms with van der Waals surface area (Å²) in [6, 6.07) is 6.25. The van der Waals surface area contributed by atoms with Crippen LogP contribution in [0.5, 0.6) is 0 Å². The van der Waals surface area contributed by atoms with Gasteiger partial charge in [-0.3, -0.25) is 14.8 Å². The van der Waals surface area contributed by atoms with Crippen LogP contribution in [0.15, 0.2) is 59.8 Å². The monoisotopic (exact) mass is 526 g/mol. The largest absolute Gasteiger partial charge is 0.351 e. The minimum Gasteiger partial charge on any atom is -0.351 e. The van der Waals surface area contributed by atoms with E-state index >= 15 is 0 Å². The van der Waals surface area contributed by atoms with Crippen molar-refractivity contribution in [3.05, 3.63) is 77.8 Å². The van der Waals surface area contributed by atoms with Gasteiger partial charge in [-0.1, -0.05) is 0 Å². The molecule has 2 atom stereocenters. The standard InChI is InChI=1S/C23H19F5N4O3S/c24-15-1-3-18(4-2-15)36(34,35)32-12-17(26)8-21(32)23(33)31-9-13-5-14(7-16(25)6-13)19-10-30-20(11-29-19)22(27)28/h1-7,10-11,17,21-22H,8-9,12H2,(H,31,33). The summed E-state index contributed by atoms with van der Waals surface area (Å²) in [6.07, 6.45) is -2.85. The number of sulfonamides is 1. The number of rotatable bonds is 7. The average molecular weight is 526 g/mol. The first-order valence-corrected chi connectivity index (χ1v) is 12.1. The van der Waals surface area contributed by atoms with E-state index in [-0.39, 0.29) is 34.7 Å². The normalized spacial score (nSPS) is 18.5. The number of hydrogen-bond donors (Lipinski definition) is 1. The molecule has 1 saturated heterocycles. The van der Waals surface area contributed by atoms with Crippen molar-refractivity contribution in [3.63, 3.8) is 0 Å². The molecule has 36 heavy (non-hydrogen) atoms. The van der Waals surface area contributed by atoms with E-state index in [0.29, 0.717) is 0 Å². The second kappa shape index (κ2) is 10.3. The lowest BCUT2D eigenvalue weighted by Crippen LogP contribution is -2.45. The number of benzene rings is 2. The molecule has 0 radical (unpaired) electrons. The van der Waals surface area contributed by atoms with E-state index < -0.39 is 58.4 Å². The molecular weight excluding hydrogens is 507 g/mol. The second-order valence-electron chi connectivity index (χ2n) is 8.07. The summed E-state index contributed by atoms with van der Waals surface area (Å²) in [7, 11) is -4.29. The highest BCUT2D eigenvalue weighted by Crippen LogP contribution is 2.28. The maximum absolute atomic E-state index is 14.2. The van der Waals surface area contributed by atoms with Gasteiger partial charge < -0.3 is 5.32 Å². The molecule has 1 aromatic heterocycles. The van der Waals surface area contributed by atoms with Crippen LogP contribution in [0.4, 0.5) is 22.0 Å². The molecule has 4 rings (SSSR count). The van der Waals surface area contributed by atoms with Gasteiger partial charge in [-0.15, -0.1) is 0 Å². The van der Waals surface area contributed by atoms with Crippen LogP contribution in [0, 0.1) is 11.6 Å². The first kappa shape index (κ1) is 25.6. The smallest absolute Gasteiger partial charge is 0.281 e. The van der Waals surface area contributed by atoms with Crippen molar-refractivity contribution >= 4 is 15.9 Å². The average Bonchev–Trinajstić information content (AvgIpc) is 3.25. The Balaban J connectivity index is 1.50. The molecule has 2 aromatic carbocycles. The van der Waals surface area contributed by atoms with Gasteiger partial charge in [0.05, 0.1) is 23.0 Å². The van der Waals surface area contributed by atoms with Gasteiger partial charge in [0.2, 0.25) is 15.9 Å². The summed E-state index contributed by atoms with van der Waals surface area (Å²) in [5.41, 5.74) is 0.0724. The fourth-order valence-corrected chi connectivity index (χ4v) is 5.44. The van der Waals surface area contributed by atoms with Gasteiger partial charge >= 0.3 is 0 Å². The Hall–Kier alpha value is -3.45. The minimum atomic E-state index is -4.29. The zero-order valence-electron chi connectivity index (χ0n) is 18.4. The molecule has 1 N–H and O–H groups in total. The lowest BCUT2D eigenvalue weighted by molar-refractivity contribution is -0.124. The Labute approximate surface area is 203 Å². The second-order valence-corrected chi connectivity index (χ2v) is 9.96.